The minimum atomic E-state index is 0.285. The zero-order chi connectivity index (χ0) is 5.98. The zero-order valence-electron chi connectivity index (χ0n) is 4.65. The first-order valence-corrected chi connectivity index (χ1v) is 2.64. The van der Waals surface area contributed by atoms with Crippen molar-refractivity contribution in [1.29, 1.82) is 0 Å². The van der Waals surface area contributed by atoms with Crippen LogP contribution in [0.4, 0.5) is 0 Å². The summed E-state index contributed by atoms with van der Waals surface area (Å²) in [4.78, 5) is 0. The van der Waals surface area contributed by atoms with Crippen molar-refractivity contribution in [2.45, 2.75) is 0 Å². The van der Waals surface area contributed by atoms with E-state index in [1.165, 1.54) is 0 Å². The molecule has 0 aromatic heterocycles. The number of rotatable bonds is 1. The van der Waals surface area contributed by atoms with Gasteiger partial charge >= 0.3 is 0 Å². The summed E-state index contributed by atoms with van der Waals surface area (Å²) in [5.74, 6) is 0.580. The van der Waals surface area contributed by atoms with Crippen molar-refractivity contribution in [2.75, 3.05) is 13.1 Å². The van der Waals surface area contributed by atoms with E-state index in [-0.39, 0.29) is 5.92 Å². The van der Waals surface area contributed by atoms with Gasteiger partial charge in [-0.05, 0) is 0 Å². The summed E-state index contributed by atoms with van der Waals surface area (Å²) in [6.45, 7) is 5.06. The largest absolute Gasteiger partial charge is 0.504 e. The minimum absolute atomic E-state index is 0.285. The predicted molar refractivity (Wildman–Crippen MR) is 31.6 cm³/mol. The zero-order valence-corrected chi connectivity index (χ0v) is 4.65. The van der Waals surface area contributed by atoms with Gasteiger partial charge in [-0.2, -0.15) is 0 Å². The maximum atomic E-state index is 8.88. The van der Waals surface area contributed by atoms with Crippen LogP contribution < -0.4 is 5.32 Å². The number of hydrogen-bond donors (Lipinski definition) is 2. The molecule has 44 valence electrons. The van der Waals surface area contributed by atoms with Crippen LogP contribution in [-0.2, 0) is 0 Å². The smallest absolute Gasteiger partial charge is 0.140 e. The highest BCUT2D eigenvalue weighted by molar-refractivity contribution is 4.99. The Morgan fingerprint density at radius 2 is 2.38 bits per heavy atom. The molecule has 1 saturated heterocycles. The van der Waals surface area contributed by atoms with E-state index in [1.807, 2.05) is 0 Å². The van der Waals surface area contributed by atoms with Gasteiger partial charge in [-0.3, -0.25) is 0 Å². The molecule has 2 heteroatoms. The molecule has 0 spiro atoms. The molecule has 0 saturated carbocycles. The van der Waals surface area contributed by atoms with Crippen LogP contribution in [0.1, 0.15) is 0 Å². The molecule has 2 N–H and O–H groups in total. The van der Waals surface area contributed by atoms with E-state index in [9.17, 15) is 0 Å². The number of aliphatic hydroxyl groups is 1. The van der Waals surface area contributed by atoms with Crippen LogP contribution in [0, 0.1) is 5.92 Å². The molecule has 0 aromatic carbocycles. The molecular weight excluding hydrogens is 102 g/mol. The van der Waals surface area contributed by atoms with E-state index in [0.717, 1.165) is 13.1 Å². The van der Waals surface area contributed by atoms with Gasteiger partial charge < -0.3 is 10.4 Å². The fourth-order valence-corrected chi connectivity index (χ4v) is 0.626. The average molecular weight is 111 g/mol. The Balaban J connectivity index is 2.46. The lowest BCUT2D eigenvalue weighted by Crippen LogP contribution is -2.42. The first kappa shape index (κ1) is 5.42. The summed E-state index contributed by atoms with van der Waals surface area (Å²) in [6.07, 6.45) is 0. The molecule has 0 amide bonds. The van der Waals surface area contributed by atoms with Gasteiger partial charge in [0, 0.05) is 19.0 Å². The van der Waals surface area contributed by atoms with Crippen molar-refractivity contribution < 1.29 is 5.11 Å². The maximum Gasteiger partial charge on any atom is 0.140 e. The first-order chi connectivity index (χ1) is 3.84. The van der Waals surface area contributed by atoms with Gasteiger partial charge in [0.25, 0.3) is 0 Å². The summed E-state index contributed by atoms with van der Waals surface area (Å²) in [5, 5.41) is 11.9. The topological polar surface area (TPSA) is 32.3 Å². The van der Waals surface area contributed by atoms with E-state index >= 15 is 0 Å². The Labute approximate surface area is 48.5 Å². The Morgan fingerprint density at radius 1 is 1.75 bits per heavy atom. The second-order valence-electron chi connectivity index (χ2n) is 1.92. The summed E-state index contributed by atoms with van der Waals surface area (Å²) in [5.41, 5.74) is 2.45. The third kappa shape index (κ3) is 0.760. The number of hydrogen-bond acceptors (Lipinski definition) is 2. The quantitative estimate of drug-likeness (QED) is 0.380. The van der Waals surface area contributed by atoms with Gasteiger partial charge in [0.15, 0.2) is 0 Å². The number of aliphatic hydroxyl groups excluding tert-OH is 1. The second-order valence-corrected chi connectivity index (χ2v) is 1.92. The fourth-order valence-electron chi connectivity index (χ4n) is 0.626. The van der Waals surface area contributed by atoms with Gasteiger partial charge in [-0.25, -0.2) is 0 Å². The predicted octanol–water partition coefficient (Wildman–Crippen LogP) is 0.433. The summed E-state index contributed by atoms with van der Waals surface area (Å²) in [7, 11) is 0. The molecule has 0 atom stereocenters. The highest BCUT2D eigenvalue weighted by Gasteiger charge is 2.19. The lowest BCUT2D eigenvalue weighted by Gasteiger charge is -2.24. The van der Waals surface area contributed by atoms with E-state index in [4.69, 9.17) is 5.11 Å². The minimum Gasteiger partial charge on any atom is -0.504 e. The summed E-state index contributed by atoms with van der Waals surface area (Å²) >= 11 is 0. The van der Waals surface area contributed by atoms with Gasteiger partial charge in [0.05, 0.1) is 0 Å². The van der Waals surface area contributed by atoms with Crippen LogP contribution in [0.25, 0.3) is 0 Å². The molecule has 1 rings (SSSR count). The SMILES string of the molecule is C=C=C(O)C1CNC1. The average Bonchev–Trinajstić information content (AvgIpc) is 1.62. The van der Waals surface area contributed by atoms with E-state index in [0.29, 0.717) is 5.76 Å². The van der Waals surface area contributed by atoms with Crippen LogP contribution >= 0.6 is 0 Å². The maximum absolute atomic E-state index is 8.88. The fraction of sp³-hybridized carbons (Fsp3) is 0.500. The molecule has 1 aliphatic heterocycles. The lowest BCUT2D eigenvalue weighted by atomic mass is 10.0. The summed E-state index contributed by atoms with van der Waals surface area (Å²) < 4.78 is 0. The molecule has 0 aliphatic carbocycles. The standard InChI is InChI=1S/C6H9NO/c1-2-6(8)5-3-7-4-5/h5,7-8H,1,3-4H2. The van der Waals surface area contributed by atoms with Gasteiger partial charge in [0.2, 0.25) is 0 Å². The first-order valence-electron chi connectivity index (χ1n) is 2.64. The van der Waals surface area contributed by atoms with Crippen LogP contribution in [0.2, 0.25) is 0 Å². The molecule has 2 nitrogen and oxygen atoms in total. The molecule has 8 heavy (non-hydrogen) atoms. The van der Waals surface area contributed by atoms with Crippen molar-refractivity contribution in [2.24, 2.45) is 5.92 Å². The van der Waals surface area contributed by atoms with Crippen LogP contribution in [0.15, 0.2) is 18.1 Å². The van der Waals surface area contributed by atoms with Crippen molar-refractivity contribution in [3.05, 3.63) is 18.1 Å². The lowest BCUT2D eigenvalue weighted by molar-refractivity contribution is 0.268. The molecule has 0 bridgehead atoms. The highest BCUT2D eigenvalue weighted by atomic mass is 16.3. The van der Waals surface area contributed by atoms with E-state index in [1.54, 1.807) is 0 Å². The Kier molecular flexibility index (Phi) is 1.38. The van der Waals surface area contributed by atoms with Crippen molar-refractivity contribution in [3.8, 4) is 0 Å². The highest BCUT2D eigenvalue weighted by Crippen LogP contribution is 2.09. The second kappa shape index (κ2) is 2.03. The normalized spacial score (nSPS) is 19.0. The van der Waals surface area contributed by atoms with Crippen LogP contribution in [0.3, 0.4) is 0 Å². The van der Waals surface area contributed by atoms with Crippen LogP contribution in [-0.4, -0.2) is 18.2 Å². The van der Waals surface area contributed by atoms with Crippen molar-refractivity contribution >= 4 is 0 Å². The van der Waals surface area contributed by atoms with Crippen molar-refractivity contribution in [3.63, 3.8) is 0 Å². The third-order valence-corrected chi connectivity index (χ3v) is 1.35. The molecular formula is C6H9NO. The molecule has 1 aliphatic rings. The Morgan fingerprint density at radius 3 is 2.50 bits per heavy atom. The number of nitrogens with one attached hydrogen (secondary N) is 1. The third-order valence-electron chi connectivity index (χ3n) is 1.35. The van der Waals surface area contributed by atoms with Crippen LogP contribution in [0.5, 0.6) is 0 Å². The molecule has 0 radical (unpaired) electrons. The summed E-state index contributed by atoms with van der Waals surface area (Å²) in [6, 6.07) is 0. The Hall–Kier alpha value is -0.720. The van der Waals surface area contributed by atoms with E-state index in [2.05, 4.69) is 17.6 Å². The van der Waals surface area contributed by atoms with Gasteiger partial charge in [0.1, 0.15) is 5.76 Å². The Bertz CT molecular complexity index is 131. The molecule has 0 aromatic rings. The van der Waals surface area contributed by atoms with Gasteiger partial charge in [-0.1, -0.05) is 12.3 Å². The van der Waals surface area contributed by atoms with Gasteiger partial charge in [-0.15, -0.1) is 0 Å². The van der Waals surface area contributed by atoms with E-state index < -0.39 is 0 Å². The van der Waals surface area contributed by atoms with Crippen molar-refractivity contribution in [1.82, 2.24) is 5.32 Å². The molecule has 0 unspecified atom stereocenters. The molecule has 1 heterocycles. The monoisotopic (exact) mass is 111 g/mol. The molecule has 1 fully saturated rings.